The van der Waals surface area contributed by atoms with Crippen molar-refractivity contribution in [1.29, 1.82) is 0 Å². The van der Waals surface area contributed by atoms with Crippen LogP contribution < -0.4 is 4.74 Å². The maximum atomic E-state index is 13.0. The number of likely N-dealkylation sites (tertiary alicyclic amines) is 1. The number of hydrogen-bond acceptors (Lipinski definition) is 4. The van der Waals surface area contributed by atoms with Crippen LogP contribution in [0.15, 0.2) is 28.8 Å². The molecule has 2 heterocycles. The number of ether oxygens (including phenoxy) is 1. The molecular formula is C20H26N2O3. The number of aryl methyl sites for hydroxylation is 2. The quantitative estimate of drug-likeness (QED) is 0.803. The minimum Gasteiger partial charge on any atom is -0.496 e. The van der Waals surface area contributed by atoms with E-state index in [1.165, 1.54) is 0 Å². The van der Waals surface area contributed by atoms with Crippen LogP contribution >= 0.6 is 0 Å². The van der Waals surface area contributed by atoms with Crippen molar-refractivity contribution in [2.75, 3.05) is 13.7 Å². The molecule has 0 radical (unpaired) electrons. The Kier molecular flexibility index (Phi) is 5.41. The third-order valence-corrected chi connectivity index (χ3v) is 5.01. The predicted octanol–water partition coefficient (Wildman–Crippen LogP) is 3.71. The molecule has 1 fully saturated rings. The van der Waals surface area contributed by atoms with Crippen molar-refractivity contribution in [2.45, 2.75) is 52.0 Å². The number of para-hydroxylation sites is 1. The molecule has 1 unspecified atom stereocenters. The maximum absolute atomic E-state index is 13.0. The molecule has 134 valence electrons. The van der Waals surface area contributed by atoms with Gasteiger partial charge in [0, 0.05) is 24.1 Å². The summed E-state index contributed by atoms with van der Waals surface area (Å²) in [4.78, 5) is 15.0. The van der Waals surface area contributed by atoms with E-state index in [0.717, 1.165) is 60.6 Å². The number of hydrogen-bond donors (Lipinski definition) is 0. The molecule has 1 atom stereocenters. The molecule has 1 amide bonds. The summed E-state index contributed by atoms with van der Waals surface area (Å²) >= 11 is 0. The van der Waals surface area contributed by atoms with Crippen LogP contribution in [0, 0.1) is 0 Å². The van der Waals surface area contributed by atoms with Crippen LogP contribution in [-0.4, -0.2) is 29.6 Å². The molecule has 5 nitrogen and oxygen atoms in total. The molecule has 0 bridgehead atoms. The Hall–Kier alpha value is -2.30. The highest BCUT2D eigenvalue weighted by molar-refractivity contribution is 5.80. The van der Waals surface area contributed by atoms with Gasteiger partial charge in [-0.1, -0.05) is 37.2 Å². The maximum Gasteiger partial charge on any atom is 0.227 e. The fourth-order valence-electron chi connectivity index (χ4n) is 3.72. The number of benzene rings is 1. The van der Waals surface area contributed by atoms with Crippen LogP contribution in [0.1, 0.15) is 55.3 Å². The number of rotatable bonds is 6. The van der Waals surface area contributed by atoms with Crippen molar-refractivity contribution < 1.29 is 14.1 Å². The summed E-state index contributed by atoms with van der Waals surface area (Å²) in [6, 6.07) is 8.06. The summed E-state index contributed by atoms with van der Waals surface area (Å²) in [7, 11) is 1.68. The fraction of sp³-hybridized carbons (Fsp3) is 0.500. The van der Waals surface area contributed by atoms with Crippen molar-refractivity contribution in [3.8, 4) is 5.75 Å². The summed E-state index contributed by atoms with van der Waals surface area (Å²) in [6.45, 7) is 4.86. The van der Waals surface area contributed by atoms with Crippen molar-refractivity contribution in [3.63, 3.8) is 0 Å². The molecule has 1 aromatic carbocycles. The van der Waals surface area contributed by atoms with Crippen LogP contribution in [0.25, 0.3) is 0 Å². The Balaban J connectivity index is 1.83. The minimum atomic E-state index is 0.0821. The Morgan fingerprint density at radius 2 is 2.12 bits per heavy atom. The van der Waals surface area contributed by atoms with Crippen molar-refractivity contribution >= 4 is 5.91 Å². The van der Waals surface area contributed by atoms with Gasteiger partial charge < -0.3 is 14.2 Å². The lowest BCUT2D eigenvalue weighted by atomic mass is 10.0. The zero-order valence-corrected chi connectivity index (χ0v) is 15.2. The average molecular weight is 342 g/mol. The highest BCUT2D eigenvalue weighted by Crippen LogP contribution is 2.37. The summed E-state index contributed by atoms with van der Waals surface area (Å²) in [5, 5.41) is 4.12. The van der Waals surface area contributed by atoms with E-state index < -0.39 is 0 Å². The van der Waals surface area contributed by atoms with Crippen molar-refractivity contribution in [1.82, 2.24) is 10.1 Å². The van der Waals surface area contributed by atoms with E-state index >= 15 is 0 Å². The van der Waals surface area contributed by atoms with Crippen LogP contribution in [0.5, 0.6) is 5.75 Å². The summed E-state index contributed by atoms with van der Waals surface area (Å²) in [6.07, 6.45) is 3.88. The molecule has 2 aromatic rings. The second-order valence-electron chi connectivity index (χ2n) is 6.40. The number of nitrogens with zero attached hydrogens (tertiary/aromatic N) is 2. The highest BCUT2D eigenvalue weighted by atomic mass is 16.5. The smallest absolute Gasteiger partial charge is 0.227 e. The van der Waals surface area contributed by atoms with Gasteiger partial charge in [-0.3, -0.25) is 4.79 Å². The van der Waals surface area contributed by atoms with Gasteiger partial charge >= 0.3 is 0 Å². The second kappa shape index (κ2) is 7.72. The Labute approximate surface area is 148 Å². The first-order valence-corrected chi connectivity index (χ1v) is 9.08. The van der Waals surface area contributed by atoms with Gasteiger partial charge in [0.05, 0.1) is 25.3 Å². The Morgan fingerprint density at radius 3 is 2.84 bits per heavy atom. The first-order chi connectivity index (χ1) is 12.2. The number of amides is 1. The average Bonchev–Trinajstić information content (AvgIpc) is 3.28. The van der Waals surface area contributed by atoms with Gasteiger partial charge in [-0.15, -0.1) is 0 Å². The summed E-state index contributed by atoms with van der Waals surface area (Å²) in [5.74, 6) is 1.82. The topological polar surface area (TPSA) is 55.6 Å². The van der Waals surface area contributed by atoms with E-state index in [4.69, 9.17) is 9.26 Å². The van der Waals surface area contributed by atoms with E-state index in [-0.39, 0.29) is 11.9 Å². The zero-order chi connectivity index (χ0) is 17.8. The van der Waals surface area contributed by atoms with Crippen LogP contribution in [-0.2, 0) is 24.1 Å². The lowest BCUT2D eigenvalue weighted by Crippen LogP contribution is -2.32. The third kappa shape index (κ3) is 3.41. The zero-order valence-electron chi connectivity index (χ0n) is 15.2. The van der Waals surface area contributed by atoms with E-state index in [9.17, 15) is 4.79 Å². The normalized spacial score (nSPS) is 17.1. The largest absolute Gasteiger partial charge is 0.496 e. The fourth-order valence-corrected chi connectivity index (χ4v) is 3.72. The standard InChI is InChI=1S/C20H26N2O3/c1-4-16-15(18(5-2)25-21-16)13-20(23)22-12-8-10-17(22)14-9-6-7-11-19(14)24-3/h6-7,9,11,17H,4-5,8,10,12-13H2,1-3H3. The molecule has 0 saturated carbocycles. The molecule has 1 aromatic heterocycles. The number of carbonyl (C=O) groups excluding carboxylic acids is 1. The van der Waals surface area contributed by atoms with E-state index in [1.54, 1.807) is 7.11 Å². The van der Waals surface area contributed by atoms with E-state index in [0.29, 0.717) is 6.42 Å². The number of aromatic nitrogens is 1. The molecule has 25 heavy (non-hydrogen) atoms. The lowest BCUT2D eigenvalue weighted by Gasteiger charge is -2.26. The van der Waals surface area contributed by atoms with Gasteiger partial charge in [0.2, 0.25) is 5.91 Å². The van der Waals surface area contributed by atoms with Crippen molar-refractivity contribution in [2.24, 2.45) is 0 Å². The van der Waals surface area contributed by atoms with Crippen LogP contribution in [0.2, 0.25) is 0 Å². The summed E-state index contributed by atoms with van der Waals surface area (Å²) in [5.41, 5.74) is 2.96. The van der Waals surface area contributed by atoms with Gasteiger partial charge in [-0.25, -0.2) is 0 Å². The first kappa shape index (κ1) is 17.5. The molecular weight excluding hydrogens is 316 g/mol. The number of carbonyl (C=O) groups is 1. The molecule has 3 rings (SSSR count). The Bertz CT molecular complexity index is 717. The molecule has 0 N–H and O–H groups in total. The predicted molar refractivity (Wildman–Crippen MR) is 95.6 cm³/mol. The van der Waals surface area contributed by atoms with Gasteiger partial charge in [0.1, 0.15) is 11.5 Å². The van der Waals surface area contributed by atoms with Gasteiger partial charge in [0.15, 0.2) is 0 Å². The monoisotopic (exact) mass is 342 g/mol. The molecule has 1 saturated heterocycles. The molecule has 1 aliphatic rings. The first-order valence-electron chi connectivity index (χ1n) is 9.08. The lowest BCUT2D eigenvalue weighted by molar-refractivity contribution is -0.131. The van der Waals surface area contributed by atoms with E-state index in [1.807, 2.05) is 36.9 Å². The van der Waals surface area contributed by atoms with Gasteiger partial charge in [-0.05, 0) is 25.3 Å². The SMILES string of the molecule is CCc1noc(CC)c1CC(=O)N1CCCC1c1ccccc1OC. The Morgan fingerprint density at radius 1 is 1.32 bits per heavy atom. The third-order valence-electron chi connectivity index (χ3n) is 5.01. The molecule has 1 aliphatic heterocycles. The van der Waals surface area contributed by atoms with Gasteiger partial charge in [0.25, 0.3) is 0 Å². The highest BCUT2D eigenvalue weighted by Gasteiger charge is 2.32. The minimum absolute atomic E-state index is 0.0821. The van der Waals surface area contributed by atoms with Gasteiger partial charge in [-0.2, -0.15) is 0 Å². The van der Waals surface area contributed by atoms with Crippen LogP contribution in [0.3, 0.4) is 0 Å². The molecule has 0 spiro atoms. The second-order valence-corrected chi connectivity index (χ2v) is 6.40. The van der Waals surface area contributed by atoms with E-state index in [2.05, 4.69) is 11.2 Å². The van der Waals surface area contributed by atoms with Crippen LogP contribution in [0.4, 0.5) is 0 Å². The van der Waals surface area contributed by atoms with Crippen molar-refractivity contribution in [3.05, 3.63) is 46.8 Å². The summed E-state index contributed by atoms with van der Waals surface area (Å²) < 4.78 is 10.9. The molecule has 5 heteroatoms. The molecule has 0 aliphatic carbocycles. The number of methoxy groups -OCH3 is 1.